The Morgan fingerprint density at radius 1 is 1.31 bits per heavy atom. The van der Waals surface area contributed by atoms with Crippen LogP contribution in [0.15, 0.2) is 48.8 Å². The van der Waals surface area contributed by atoms with Gasteiger partial charge in [-0.1, -0.05) is 23.7 Å². The van der Waals surface area contributed by atoms with E-state index in [9.17, 15) is 9.90 Å². The quantitative estimate of drug-likeness (QED) is 0.737. The van der Waals surface area contributed by atoms with Crippen molar-refractivity contribution in [2.24, 2.45) is 0 Å². The van der Waals surface area contributed by atoms with Crippen LogP contribution in [-0.4, -0.2) is 27.7 Å². The van der Waals surface area contributed by atoms with Crippen LogP contribution in [-0.2, 0) is 4.79 Å². The first kappa shape index (κ1) is 16.5. The molecule has 0 saturated heterocycles. The number of aromatic hydroxyl groups is 1. The van der Waals surface area contributed by atoms with Crippen LogP contribution in [0, 0.1) is 0 Å². The smallest absolute Gasteiger partial charge is 0.226 e. The molecule has 1 atom stereocenters. The van der Waals surface area contributed by atoms with Crippen LogP contribution in [0.25, 0.3) is 5.69 Å². The molecule has 0 saturated carbocycles. The van der Waals surface area contributed by atoms with E-state index in [0.717, 1.165) is 16.9 Å². The number of benzene rings is 2. The molecule has 0 radical (unpaired) electrons. The monoisotopic (exact) mass is 369 g/mol. The molecule has 1 aliphatic heterocycles. The molecule has 1 aromatic heterocycles. The van der Waals surface area contributed by atoms with Crippen LogP contribution in [0.3, 0.4) is 0 Å². The molecule has 132 valence electrons. The number of hydrogen-bond acceptors (Lipinski definition) is 4. The summed E-state index contributed by atoms with van der Waals surface area (Å²) in [5.41, 5.74) is 2.36. The number of nitrogens with one attached hydrogen (secondary N) is 1. The van der Waals surface area contributed by atoms with Gasteiger partial charge in [0.15, 0.2) is 11.5 Å². The predicted molar refractivity (Wildman–Crippen MR) is 98.3 cm³/mol. The Balaban J connectivity index is 1.80. The highest BCUT2D eigenvalue weighted by Crippen LogP contribution is 2.39. The Labute approximate surface area is 155 Å². The standard InChI is InChI=1S/C19H16ClN3O3/c1-26-16-6-5-11(7-15(16)24)14-9-17(25)22-19-18(14)21-10-23(19)13-4-2-3-12(20)8-13/h2-8,10,14,24H,9H2,1H3,(H,22,25)/t14-/m0/s1. The lowest BCUT2D eigenvalue weighted by Crippen LogP contribution is -2.24. The number of methoxy groups -OCH3 is 1. The summed E-state index contributed by atoms with van der Waals surface area (Å²) in [4.78, 5) is 16.8. The largest absolute Gasteiger partial charge is 0.504 e. The van der Waals surface area contributed by atoms with Crippen LogP contribution in [0.4, 0.5) is 5.82 Å². The first-order valence-corrected chi connectivity index (χ1v) is 8.44. The number of amides is 1. The molecule has 6 nitrogen and oxygen atoms in total. The molecule has 2 N–H and O–H groups in total. The summed E-state index contributed by atoms with van der Waals surface area (Å²) in [6, 6.07) is 12.5. The van der Waals surface area contributed by atoms with Gasteiger partial charge in [-0.3, -0.25) is 9.36 Å². The molecule has 0 unspecified atom stereocenters. The van der Waals surface area contributed by atoms with Crippen LogP contribution < -0.4 is 10.1 Å². The molecule has 7 heteroatoms. The molecule has 1 amide bonds. The van der Waals surface area contributed by atoms with Gasteiger partial charge >= 0.3 is 0 Å². The average Bonchev–Trinajstić information content (AvgIpc) is 3.04. The zero-order valence-electron chi connectivity index (χ0n) is 13.9. The number of carbonyl (C=O) groups is 1. The molecule has 2 heterocycles. The summed E-state index contributed by atoms with van der Waals surface area (Å²) < 4.78 is 6.89. The van der Waals surface area contributed by atoms with Gasteiger partial charge < -0.3 is 15.2 Å². The Hall–Kier alpha value is -2.99. The van der Waals surface area contributed by atoms with Gasteiger partial charge in [-0.2, -0.15) is 0 Å². The van der Waals surface area contributed by atoms with Crippen molar-refractivity contribution in [2.45, 2.75) is 12.3 Å². The molecular weight excluding hydrogens is 354 g/mol. The fourth-order valence-corrected chi connectivity index (χ4v) is 3.41. The lowest BCUT2D eigenvalue weighted by Gasteiger charge is -2.23. The summed E-state index contributed by atoms with van der Waals surface area (Å²) in [6.45, 7) is 0. The van der Waals surface area contributed by atoms with Crippen LogP contribution in [0.1, 0.15) is 23.6 Å². The van der Waals surface area contributed by atoms with E-state index in [4.69, 9.17) is 16.3 Å². The number of anilines is 1. The van der Waals surface area contributed by atoms with Gasteiger partial charge in [0, 0.05) is 23.0 Å². The van der Waals surface area contributed by atoms with E-state index in [0.29, 0.717) is 16.6 Å². The maximum absolute atomic E-state index is 12.3. The van der Waals surface area contributed by atoms with E-state index in [1.165, 1.54) is 7.11 Å². The minimum absolute atomic E-state index is 0.0341. The van der Waals surface area contributed by atoms with Crippen LogP contribution >= 0.6 is 11.6 Å². The van der Waals surface area contributed by atoms with E-state index in [1.54, 1.807) is 35.2 Å². The number of halogens is 1. The Kier molecular flexibility index (Phi) is 4.05. The highest BCUT2D eigenvalue weighted by atomic mass is 35.5. The van der Waals surface area contributed by atoms with Gasteiger partial charge in [0.05, 0.1) is 12.8 Å². The van der Waals surface area contributed by atoms with Crippen molar-refractivity contribution in [3.63, 3.8) is 0 Å². The fraction of sp³-hybridized carbons (Fsp3) is 0.158. The Morgan fingerprint density at radius 3 is 2.88 bits per heavy atom. The lowest BCUT2D eigenvalue weighted by molar-refractivity contribution is -0.116. The Morgan fingerprint density at radius 2 is 2.15 bits per heavy atom. The second-order valence-electron chi connectivity index (χ2n) is 6.06. The molecule has 3 aromatic rings. The van der Waals surface area contributed by atoms with Gasteiger partial charge in [0.1, 0.15) is 12.1 Å². The number of aromatic nitrogens is 2. The zero-order valence-corrected chi connectivity index (χ0v) is 14.7. The zero-order chi connectivity index (χ0) is 18.3. The van der Waals surface area contributed by atoms with Gasteiger partial charge in [-0.25, -0.2) is 4.98 Å². The van der Waals surface area contributed by atoms with E-state index in [2.05, 4.69) is 10.3 Å². The highest BCUT2D eigenvalue weighted by molar-refractivity contribution is 6.30. The molecule has 0 bridgehead atoms. The third-order valence-corrected chi connectivity index (χ3v) is 4.70. The number of phenolic OH excluding ortho intramolecular Hbond substituents is 1. The summed E-state index contributed by atoms with van der Waals surface area (Å²) >= 11 is 6.08. The van der Waals surface area contributed by atoms with Crippen molar-refractivity contribution in [1.29, 1.82) is 0 Å². The van der Waals surface area contributed by atoms with E-state index in [1.807, 2.05) is 18.2 Å². The predicted octanol–water partition coefficient (Wildman–Crippen LogP) is 3.71. The number of nitrogens with zero attached hydrogens (tertiary/aromatic N) is 2. The van der Waals surface area contributed by atoms with Crippen molar-refractivity contribution < 1.29 is 14.6 Å². The number of fused-ring (bicyclic) bond motifs is 1. The molecule has 0 aliphatic carbocycles. The van der Waals surface area contributed by atoms with Crippen LogP contribution in [0.2, 0.25) is 5.02 Å². The summed E-state index contributed by atoms with van der Waals surface area (Å²) in [5, 5.41) is 13.6. The van der Waals surface area contributed by atoms with Crippen molar-refractivity contribution in [2.75, 3.05) is 12.4 Å². The SMILES string of the molecule is COc1ccc([C@@H]2CC(=O)Nc3c2ncn3-c2cccc(Cl)c2)cc1O. The first-order chi connectivity index (χ1) is 12.6. The number of carbonyl (C=O) groups excluding carboxylic acids is 1. The number of imidazole rings is 1. The molecule has 1 aliphatic rings. The summed E-state index contributed by atoms with van der Waals surface area (Å²) in [5.74, 6) is 0.673. The topological polar surface area (TPSA) is 76.4 Å². The van der Waals surface area contributed by atoms with E-state index in [-0.39, 0.29) is 24.0 Å². The van der Waals surface area contributed by atoms with Crippen molar-refractivity contribution in [3.8, 4) is 17.2 Å². The third kappa shape index (κ3) is 2.78. The number of hydrogen-bond donors (Lipinski definition) is 2. The second-order valence-corrected chi connectivity index (χ2v) is 6.50. The highest BCUT2D eigenvalue weighted by Gasteiger charge is 2.31. The van der Waals surface area contributed by atoms with Gasteiger partial charge in [-0.15, -0.1) is 0 Å². The number of phenols is 1. The van der Waals surface area contributed by atoms with Crippen molar-refractivity contribution in [3.05, 3.63) is 65.1 Å². The molecule has 26 heavy (non-hydrogen) atoms. The molecular formula is C19H16ClN3O3. The van der Waals surface area contributed by atoms with Crippen molar-refractivity contribution in [1.82, 2.24) is 9.55 Å². The maximum atomic E-state index is 12.3. The maximum Gasteiger partial charge on any atom is 0.226 e. The average molecular weight is 370 g/mol. The second kappa shape index (κ2) is 6.38. The van der Waals surface area contributed by atoms with Crippen LogP contribution in [0.5, 0.6) is 11.5 Å². The van der Waals surface area contributed by atoms with Gasteiger partial charge in [-0.05, 0) is 35.9 Å². The molecule has 4 rings (SSSR count). The normalized spacial score (nSPS) is 16.1. The number of rotatable bonds is 3. The van der Waals surface area contributed by atoms with Gasteiger partial charge in [0.25, 0.3) is 0 Å². The molecule has 0 fully saturated rings. The first-order valence-electron chi connectivity index (χ1n) is 8.06. The van der Waals surface area contributed by atoms with E-state index >= 15 is 0 Å². The molecule has 0 spiro atoms. The fourth-order valence-electron chi connectivity index (χ4n) is 3.23. The third-order valence-electron chi connectivity index (χ3n) is 4.46. The summed E-state index contributed by atoms with van der Waals surface area (Å²) in [7, 11) is 1.49. The van der Waals surface area contributed by atoms with Crippen molar-refractivity contribution >= 4 is 23.3 Å². The summed E-state index contributed by atoms with van der Waals surface area (Å²) in [6.07, 6.45) is 1.92. The van der Waals surface area contributed by atoms with Gasteiger partial charge in [0.2, 0.25) is 5.91 Å². The molecule has 2 aromatic carbocycles. The number of ether oxygens (including phenoxy) is 1. The van der Waals surface area contributed by atoms with E-state index < -0.39 is 0 Å². The lowest BCUT2D eigenvalue weighted by atomic mass is 9.89. The minimum Gasteiger partial charge on any atom is -0.504 e. The Bertz CT molecular complexity index is 999. The minimum atomic E-state index is -0.254.